The zero-order valence-corrected chi connectivity index (χ0v) is 12.7. The Morgan fingerprint density at radius 1 is 1.43 bits per heavy atom. The van der Waals surface area contributed by atoms with Crippen LogP contribution in [0.25, 0.3) is 0 Å². The van der Waals surface area contributed by atoms with Gasteiger partial charge in [0.1, 0.15) is 10.8 Å². The van der Waals surface area contributed by atoms with Gasteiger partial charge in [-0.2, -0.15) is 5.10 Å². The van der Waals surface area contributed by atoms with Gasteiger partial charge >= 0.3 is 0 Å². The molecule has 7 heteroatoms. The molecule has 0 unspecified atom stereocenters. The maximum Gasteiger partial charge on any atom is 0.274 e. The van der Waals surface area contributed by atoms with Gasteiger partial charge in [-0.25, -0.2) is 4.98 Å². The van der Waals surface area contributed by atoms with Crippen molar-refractivity contribution < 1.29 is 4.79 Å². The minimum absolute atomic E-state index is 0.0410. The van der Waals surface area contributed by atoms with Crippen molar-refractivity contribution in [3.63, 3.8) is 0 Å². The van der Waals surface area contributed by atoms with E-state index in [4.69, 9.17) is 11.6 Å². The van der Waals surface area contributed by atoms with E-state index in [0.29, 0.717) is 17.4 Å². The zero-order valence-electron chi connectivity index (χ0n) is 12.0. The molecule has 0 aliphatic carbocycles. The number of likely N-dealkylation sites (tertiary alicyclic amines) is 1. The Morgan fingerprint density at radius 2 is 2.24 bits per heavy atom. The van der Waals surface area contributed by atoms with E-state index in [-0.39, 0.29) is 11.9 Å². The fraction of sp³-hybridized carbons (Fsp3) is 0.429. The summed E-state index contributed by atoms with van der Waals surface area (Å²) in [5.41, 5.74) is 2.17. The monoisotopic (exact) mass is 305 g/mol. The first-order valence-corrected chi connectivity index (χ1v) is 7.23. The summed E-state index contributed by atoms with van der Waals surface area (Å²) in [6.45, 7) is 2.62. The molecule has 6 nitrogen and oxygen atoms in total. The second-order valence-electron chi connectivity index (χ2n) is 5.16. The van der Waals surface area contributed by atoms with Crippen LogP contribution in [0.4, 0.5) is 0 Å². The molecule has 2 aromatic rings. The van der Waals surface area contributed by atoms with Crippen LogP contribution in [0.5, 0.6) is 0 Å². The number of carbonyl (C=O) groups is 1. The Balaban J connectivity index is 1.94. The summed E-state index contributed by atoms with van der Waals surface area (Å²) in [5, 5.41) is 4.93. The number of amides is 1. The van der Waals surface area contributed by atoms with Gasteiger partial charge in [0.15, 0.2) is 0 Å². The topological polar surface area (TPSA) is 63.9 Å². The van der Waals surface area contributed by atoms with Crippen molar-refractivity contribution in [2.75, 3.05) is 6.54 Å². The molecule has 1 aliphatic heterocycles. The van der Waals surface area contributed by atoms with Gasteiger partial charge in [0.2, 0.25) is 0 Å². The first-order valence-electron chi connectivity index (χ1n) is 6.85. The summed E-state index contributed by atoms with van der Waals surface area (Å²) < 4.78 is 1.65. The summed E-state index contributed by atoms with van der Waals surface area (Å²) >= 11 is 6.34. The summed E-state index contributed by atoms with van der Waals surface area (Å²) in [6, 6.07) is -0.0410. The SMILES string of the molecule is Cc1nn(C)c(Cl)c1[C@@H]1CCCN1C(=O)c1cnccn1. The Morgan fingerprint density at radius 3 is 2.86 bits per heavy atom. The average Bonchev–Trinajstić information content (AvgIpc) is 3.05. The minimum Gasteiger partial charge on any atom is -0.330 e. The molecule has 1 atom stereocenters. The molecule has 0 bridgehead atoms. The number of halogens is 1. The molecule has 1 fully saturated rings. The smallest absolute Gasteiger partial charge is 0.274 e. The zero-order chi connectivity index (χ0) is 15.0. The standard InChI is InChI=1S/C14H16ClN5O/c1-9-12(13(15)19(2)18-9)11-4-3-7-20(11)14(21)10-8-16-5-6-17-10/h5-6,8,11H,3-4,7H2,1-2H3/t11-/m0/s1. The van der Waals surface area contributed by atoms with Gasteiger partial charge in [0.05, 0.1) is 17.9 Å². The highest BCUT2D eigenvalue weighted by Crippen LogP contribution is 2.38. The van der Waals surface area contributed by atoms with Gasteiger partial charge in [-0.3, -0.25) is 14.5 Å². The van der Waals surface area contributed by atoms with E-state index < -0.39 is 0 Å². The van der Waals surface area contributed by atoms with Crippen molar-refractivity contribution in [2.45, 2.75) is 25.8 Å². The fourth-order valence-corrected chi connectivity index (χ4v) is 3.19. The average molecular weight is 306 g/mol. The van der Waals surface area contributed by atoms with E-state index in [9.17, 15) is 4.79 Å². The molecule has 110 valence electrons. The van der Waals surface area contributed by atoms with Gasteiger partial charge in [-0.05, 0) is 19.8 Å². The van der Waals surface area contributed by atoms with Crippen LogP contribution in [-0.4, -0.2) is 37.1 Å². The molecule has 0 aromatic carbocycles. The lowest BCUT2D eigenvalue weighted by Crippen LogP contribution is -2.31. The summed E-state index contributed by atoms with van der Waals surface area (Å²) in [6.07, 6.45) is 6.41. The number of hydrogen-bond acceptors (Lipinski definition) is 4. The highest BCUT2D eigenvalue weighted by atomic mass is 35.5. The van der Waals surface area contributed by atoms with Crippen molar-refractivity contribution in [3.8, 4) is 0 Å². The molecular weight excluding hydrogens is 290 g/mol. The van der Waals surface area contributed by atoms with E-state index in [1.165, 1.54) is 12.4 Å². The van der Waals surface area contributed by atoms with Crippen LogP contribution in [0.15, 0.2) is 18.6 Å². The summed E-state index contributed by atoms with van der Waals surface area (Å²) in [4.78, 5) is 22.5. The van der Waals surface area contributed by atoms with Gasteiger partial charge in [0, 0.05) is 31.5 Å². The Kier molecular flexibility index (Phi) is 3.63. The summed E-state index contributed by atoms with van der Waals surface area (Å²) in [5.74, 6) is -0.107. The molecule has 3 heterocycles. The molecule has 2 aromatic heterocycles. The third kappa shape index (κ3) is 2.40. The van der Waals surface area contributed by atoms with Crippen molar-refractivity contribution in [3.05, 3.63) is 40.7 Å². The molecule has 1 aliphatic rings. The maximum absolute atomic E-state index is 12.6. The maximum atomic E-state index is 12.6. The van der Waals surface area contributed by atoms with E-state index >= 15 is 0 Å². The highest BCUT2D eigenvalue weighted by molar-refractivity contribution is 6.30. The molecule has 21 heavy (non-hydrogen) atoms. The first kappa shape index (κ1) is 14.0. The van der Waals surface area contributed by atoms with Crippen LogP contribution in [-0.2, 0) is 7.05 Å². The van der Waals surface area contributed by atoms with E-state index in [2.05, 4.69) is 15.1 Å². The second-order valence-corrected chi connectivity index (χ2v) is 5.52. The van der Waals surface area contributed by atoms with Gasteiger partial charge < -0.3 is 4.90 Å². The van der Waals surface area contributed by atoms with E-state index in [1.54, 1.807) is 10.9 Å². The number of aromatic nitrogens is 4. The van der Waals surface area contributed by atoms with E-state index in [1.807, 2.05) is 18.9 Å². The normalized spacial score (nSPS) is 18.2. The van der Waals surface area contributed by atoms with Crippen LogP contribution in [0.3, 0.4) is 0 Å². The molecule has 1 saturated heterocycles. The van der Waals surface area contributed by atoms with Gasteiger partial charge in [-0.1, -0.05) is 11.6 Å². The lowest BCUT2D eigenvalue weighted by atomic mass is 10.1. The van der Waals surface area contributed by atoms with Crippen LogP contribution in [0.1, 0.15) is 40.6 Å². The number of hydrogen-bond donors (Lipinski definition) is 0. The molecule has 0 spiro atoms. The van der Waals surface area contributed by atoms with Crippen LogP contribution >= 0.6 is 11.6 Å². The lowest BCUT2D eigenvalue weighted by molar-refractivity contribution is 0.0729. The van der Waals surface area contributed by atoms with Crippen LogP contribution in [0, 0.1) is 6.92 Å². The molecule has 0 saturated carbocycles. The Hall–Kier alpha value is -1.95. The molecule has 0 radical (unpaired) electrons. The van der Waals surface area contributed by atoms with Gasteiger partial charge in [-0.15, -0.1) is 0 Å². The van der Waals surface area contributed by atoms with Crippen molar-refractivity contribution >= 4 is 17.5 Å². The van der Waals surface area contributed by atoms with Crippen molar-refractivity contribution in [2.24, 2.45) is 7.05 Å². The third-order valence-corrected chi connectivity index (χ3v) is 4.27. The number of nitrogens with zero attached hydrogens (tertiary/aromatic N) is 5. The Labute approximate surface area is 127 Å². The lowest BCUT2D eigenvalue weighted by Gasteiger charge is -2.24. The number of carbonyl (C=O) groups excluding carboxylic acids is 1. The first-order chi connectivity index (χ1) is 10.1. The quantitative estimate of drug-likeness (QED) is 0.853. The van der Waals surface area contributed by atoms with Crippen LogP contribution in [0.2, 0.25) is 5.15 Å². The molecule has 1 amide bonds. The predicted octanol–water partition coefficient (Wildman–Crippen LogP) is 2.15. The Bertz CT molecular complexity index is 670. The number of rotatable bonds is 2. The molecule has 0 N–H and O–H groups in total. The van der Waals surface area contributed by atoms with Crippen LogP contribution < -0.4 is 0 Å². The largest absolute Gasteiger partial charge is 0.330 e. The highest BCUT2D eigenvalue weighted by Gasteiger charge is 2.34. The molecule has 3 rings (SSSR count). The minimum atomic E-state index is -0.107. The number of aryl methyl sites for hydroxylation is 2. The second kappa shape index (κ2) is 5.44. The fourth-order valence-electron chi connectivity index (χ4n) is 2.89. The molecular formula is C14H16ClN5O. The van der Waals surface area contributed by atoms with Crippen molar-refractivity contribution in [1.29, 1.82) is 0 Å². The van der Waals surface area contributed by atoms with Gasteiger partial charge in [0.25, 0.3) is 5.91 Å². The van der Waals surface area contributed by atoms with Crippen molar-refractivity contribution in [1.82, 2.24) is 24.6 Å². The van der Waals surface area contributed by atoms with E-state index in [0.717, 1.165) is 24.1 Å². The third-order valence-electron chi connectivity index (χ3n) is 3.83. The summed E-state index contributed by atoms with van der Waals surface area (Å²) in [7, 11) is 1.81. The predicted molar refractivity (Wildman–Crippen MR) is 78.0 cm³/mol.